The van der Waals surface area contributed by atoms with Crippen LogP contribution in [0.1, 0.15) is 20.3 Å². The van der Waals surface area contributed by atoms with E-state index in [1.165, 1.54) is 12.2 Å². The third kappa shape index (κ3) is 1.76. The second kappa shape index (κ2) is 2.99. The minimum Gasteiger partial charge on any atom is -0.211 e. The molecule has 1 aliphatic carbocycles. The predicted molar refractivity (Wildman–Crippen MR) is 41.4 cm³/mol. The summed E-state index contributed by atoms with van der Waals surface area (Å²) < 4.78 is 25.7. The molecule has 2 heteroatoms. The van der Waals surface area contributed by atoms with Gasteiger partial charge in [0.15, 0.2) is 0 Å². The number of allylic oxidation sites excluding steroid dienone is 6. The van der Waals surface area contributed by atoms with E-state index in [-0.39, 0.29) is 18.1 Å². The first kappa shape index (κ1) is 8.18. The summed E-state index contributed by atoms with van der Waals surface area (Å²) >= 11 is 0. The summed E-state index contributed by atoms with van der Waals surface area (Å²) in [6.07, 6.45) is 2.87. The van der Waals surface area contributed by atoms with E-state index < -0.39 is 0 Å². The first-order valence-corrected chi connectivity index (χ1v) is 3.50. The molecule has 0 amide bonds. The molecular formula is C9H10F2. The predicted octanol–water partition coefficient (Wildman–Crippen LogP) is 3.43. The Bertz CT molecular complexity index is 251. The van der Waals surface area contributed by atoms with Crippen LogP contribution in [0.25, 0.3) is 0 Å². The van der Waals surface area contributed by atoms with Crippen molar-refractivity contribution < 1.29 is 8.78 Å². The van der Waals surface area contributed by atoms with Crippen molar-refractivity contribution in [1.82, 2.24) is 0 Å². The smallest absolute Gasteiger partial charge is 0.125 e. The summed E-state index contributed by atoms with van der Waals surface area (Å²) in [6, 6.07) is 0. The molecule has 0 radical (unpaired) electrons. The van der Waals surface area contributed by atoms with Gasteiger partial charge in [-0.15, -0.1) is 0 Å². The molecule has 0 heterocycles. The van der Waals surface area contributed by atoms with Gasteiger partial charge >= 0.3 is 0 Å². The standard InChI is InChI=1S/C9H10F2/c1-6-3-4-8(10)5-7(2)9(6)11/h3-4H,5H2,1-2H3. The first-order chi connectivity index (χ1) is 5.11. The van der Waals surface area contributed by atoms with Crippen LogP contribution in [0.2, 0.25) is 0 Å². The molecule has 0 N–H and O–H groups in total. The molecule has 0 nitrogen and oxygen atoms in total. The molecule has 0 saturated heterocycles. The summed E-state index contributed by atoms with van der Waals surface area (Å²) in [5.74, 6) is -0.566. The summed E-state index contributed by atoms with van der Waals surface area (Å²) in [7, 11) is 0. The molecular weight excluding hydrogens is 146 g/mol. The molecule has 0 aliphatic heterocycles. The maximum Gasteiger partial charge on any atom is 0.125 e. The maximum absolute atomic E-state index is 13.0. The van der Waals surface area contributed by atoms with Crippen molar-refractivity contribution in [2.45, 2.75) is 20.3 Å². The Kier molecular flexibility index (Phi) is 2.22. The minimum absolute atomic E-state index is 0.0969. The van der Waals surface area contributed by atoms with Crippen LogP contribution in [0.3, 0.4) is 0 Å². The van der Waals surface area contributed by atoms with Gasteiger partial charge in [0.05, 0.1) is 0 Å². The molecule has 0 aromatic heterocycles. The van der Waals surface area contributed by atoms with Gasteiger partial charge in [-0.25, -0.2) is 8.78 Å². The van der Waals surface area contributed by atoms with Crippen molar-refractivity contribution in [3.05, 3.63) is 35.0 Å². The van der Waals surface area contributed by atoms with E-state index in [1.54, 1.807) is 13.8 Å². The van der Waals surface area contributed by atoms with E-state index in [2.05, 4.69) is 0 Å². The Morgan fingerprint density at radius 2 is 1.82 bits per heavy atom. The van der Waals surface area contributed by atoms with Gasteiger partial charge in [-0.1, -0.05) is 6.08 Å². The Balaban J connectivity index is 3.05. The highest BCUT2D eigenvalue weighted by molar-refractivity contribution is 5.35. The van der Waals surface area contributed by atoms with E-state index in [9.17, 15) is 8.78 Å². The third-order valence-electron chi connectivity index (χ3n) is 1.67. The van der Waals surface area contributed by atoms with Crippen LogP contribution in [-0.4, -0.2) is 0 Å². The first-order valence-electron chi connectivity index (χ1n) is 3.50. The van der Waals surface area contributed by atoms with Crippen LogP contribution in [0, 0.1) is 0 Å². The monoisotopic (exact) mass is 156 g/mol. The van der Waals surface area contributed by atoms with Gasteiger partial charge in [-0.3, -0.25) is 0 Å². The van der Waals surface area contributed by atoms with Crippen molar-refractivity contribution in [3.63, 3.8) is 0 Å². The quantitative estimate of drug-likeness (QED) is 0.504. The van der Waals surface area contributed by atoms with Crippen molar-refractivity contribution in [2.75, 3.05) is 0 Å². The highest BCUT2D eigenvalue weighted by Crippen LogP contribution is 2.25. The summed E-state index contributed by atoms with van der Waals surface area (Å²) in [6.45, 7) is 3.24. The Hall–Kier alpha value is -0.920. The normalized spacial score (nSPS) is 19.3. The van der Waals surface area contributed by atoms with Crippen LogP contribution in [-0.2, 0) is 0 Å². The molecule has 0 saturated carbocycles. The second-order valence-corrected chi connectivity index (χ2v) is 2.73. The molecule has 1 aliphatic rings. The van der Waals surface area contributed by atoms with Gasteiger partial charge in [0.25, 0.3) is 0 Å². The van der Waals surface area contributed by atoms with E-state index >= 15 is 0 Å². The zero-order valence-corrected chi connectivity index (χ0v) is 6.62. The Labute approximate surface area is 64.9 Å². The summed E-state index contributed by atoms with van der Waals surface area (Å²) in [4.78, 5) is 0. The van der Waals surface area contributed by atoms with Crippen molar-refractivity contribution >= 4 is 0 Å². The average molecular weight is 156 g/mol. The van der Waals surface area contributed by atoms with E-state index in [0.29, 0.717) is 11.1 Å². The van der Waals surface area contributed by atoms with Crippen molar-refractivity contribution in [1.29, 1.82) is 0 Å². The third-order valence-corrected chi connectivity index (χ3v) is 1.67. The second-order valence-electron chi connectivity index (χ2n) is 2.73. The number of hydrogen-bond acceptors (Lipinski definition) is 0. The van der Waals surface area contributed by atoms with Gasteiger partial charge in [-0.05, 0) is 31.1 Å². The summed E-state index contributed by atoms with van der Waals surface area (Å²) in [5.41, 5.74) is 0.958. The summed E-state index contributed by atoms with van der Waals surface area (Å²) in [5, 5.41) is 0. The molecule has 0 aromatic carbocycles. The van der Waals surface area contributed by atoms with Crippen LogP contribution in [0.5, 0.6) is 0 Å². The zero-order chi connectivity index (χ0) is 8.43. The highest BCUT2D eigenvalue weighted by Gasteiger charge is 2.08. The lowest BCUT2D eigenvalue weighted by atomic mass is 10.1. The minimum atomic E-state index is -0.283. The van der Waals surface area contributed by atoms with Gasteiger partial charge in [0, 0.05) is 6.42 Å². The molecule has 11 heavy (non-hydrogen) atoms. The number of halogens is 2. The highest BCUT2D eigenvalue weighted by atomic mass is 19.1. The largest absolute Gasteiger partial charge is 0.211 e. The van der Waals surface area contributed by atoms with Gasteiger partial charge in [-0.2, -0.15) is 0 Å². The van der Waals surface area contributed by atoms with Gasteiger partial charge in [0.2, 0.25) is 0 Å². The fraction of sp³-hybridized carbons (Fsp3) is 0.333. The number of hydrogen-bond donors (Lipinski definition) is 0. The van der Waals surface area contributed by atoms with E-state index in [1.807, 2.05) is 0 Å². The van der Waals surface area contributed by atoms with Crippen LogP contribution < -0.4 is 0 Å². The van der Waals surface area contributed by atoms with Crippen molar-refractivity contribution in [3.8, 4) is 0 Å². The van der Waals surface area contributed by atoms with Crippen LogP contribution >= 0.6 is 0 Å². The molecule has 0 fully saturated rings. The SMILES string of the molecule is CC1=CC=C(F)CC(C)=C1F. The molecule has 0 bridgehead atoms. The lowest BCUT2D eigenvalue weighted by molar-refractivity contribution is 0.594. The fourth-order valence-corrected chi connectivity index (χ4v) is 1.02. The Morgan fingerprint density at radius 1 is 1.18 bits per heavy atom. The molecule has 60 valence electrons. The maximum atomic E-state index is 13.0. The van der Waals surface area contributed by atoms with Gasteiger partial charge in [0.1, 0.15) is 11.7 Å². The van der Waals surface area contributed by atoms with Crippen molar-refractivity contribution in [2.24, 2.45) is 0 Å². The average Bonchev–Trinajstić information content (AvgIpc) is 2.05. The zero-order valence-electron chi connectivity index (χ0n) is 6.62. The molecule has 0 aromatic rings. The van der Waals surface area contributed by atoms with Gasteiger partial charge < -0.3 is 0 Å². The number of rotatable bonds is 0. The topological polar surface area (TPSA) is 0 Å². The lowest BCUT2D eigenvalue weighted by Gasteiger charge is -1.98. The Morgan fingerprint density at radius 3 is 2.45 bits per heavy atom. The lowest BCUT2D eigenvalue weighted by Crippen LogP contribution is -1.82. The van der Waals surface area contributed by atoms with Crippen LogP contribution in [0.15, 0.2) is 35.0 Å². The molecule has 0 spiro atoms. The molecule has 1 rings (SSSR count). The van der Waals surface area contributed by atoms with E-state index in [4.69, 9.17) is 0 Å². The molecule has 0 atom stereocenters. The van der Waals surface area contributed by atoms with Crippen LogP contribution in [0.4, 0.5) is 8.78 Å². The van der Waals surface area contributed by atoms with E-state index in [0.717, 1.165) is 0 Å². The fourth-order valence-electron chi connectivity index (χ4n) is 1.02. The molecule has 0 unspecified atom stereocenters.